The van der Waals surface area contributed by atoms with E-state index in [1.807, 2.05) is 30.3 Å². The van der Waals surface area contributed by atoms with Gasteiger partial charge >= 0.3 is 5.97 Å². The fraction of sp³-hybridized carbons (Fsp3) is 0.429. The second-order valence-electron chi connectivity index (χ2n) is 7.15. The molecule has 154 valence electrons. The van der Waals surface area contributed by atoms with Gasteiger partial charge in [0.2, 0.25) is 0 Å². The highest BCUT2D eigenvalue weighted by atomic mass is 16.5. The Kier molecular flexibility index (Phi) is 7.13. The topological polar surface area (TPSA) is 113 Å². The van der Waals surface area contributed by atoms with Crippen LogP contribution in [0.2, 0.25) is 0 Å². The van der Waals surface area contributed by atoms with Crippen molar-refractivity contribution in [2.24, 2.45) is 5.92 Å². The van der Waals surface area contributed by atoms with Crippen LogP contribution in [0.15, 0.2) is 30.3 Å². The van der Waals surface area contributed by atoms with Crippen molar-refractivity contribution in [3.05, 3.63) is 53.1 Å². The van der Waals surface area contributed by atoms with Gasteiger partial charge in [0.15, 0.2) is 11.4 Å². The highest BCUT2D eigenvalue weighted by molar-refractivity contribution is 5.96. The van der Waals surface area contributed by atoms with Gasteiger partial charge in [-0.05, 0) is 44.3 Å². The number of carboxylic acid groups (broad SMARTS) is 1. The first-order valence-corrected chi connectivity index (χ1v) is 9.78. The average molecular weight is 398 g/mol. The van der Waals surface area contributed by atoms with Crippen LogP contribution in [0.3, 0.4) is 0 Å². The summed E-state index contributed by atoms with van der Waals surface area (Å²) in [6.45, 7) is 3.49. The summed E-state index contributed by atoms with van der Waals surface area (Å²) in [5.41, 5.74) is 1.60. The van der Waals surface area contributed by atoms with Gasteiger partial charge in [0.25, 0.3) is 5.91 Å². The molecule has 1 aromatic heterocycles. The van der Waals surface area contributed by atoms with E-state index in [0.717, 1.165) is 31.5 Å². The molecular weight excluding hydrogens is 372 g/mol. The van der Waals surface area contributed by atoms with Crippen LogP contribution in [0.1, 0.15) is 40.4 Å². The van der Waals surface area contributed by atoms with Crippen molar-refractivity contribution >= 4 is 11.9 Å². The second-order valence-corrected chi connectivity index (χ2v) is 7.15. The zero-order valence-corrected chi connectivity index (χ0v) is 16.5. The summed E-state index contributed by atoms with van der Waals surface area (Å²) in [6, 6.07) is 9.57. The lowest BCUT2D eigenvalue weighted by Gasteiger charge is -2.22. The van der Waals surface area contributed by atoms with E-state index in [1.54, 1.807) is 6.92 Å². The third-order valence-electron chi connectivity index (χ3n) is 4.85. The number of hydrogen-bond donors (Lipinski definition) is 3. The van der Waals surface area contributed by atoms with Crippen molar-refractivity contribution in [2.75, 3.05) is 19.6 Å². The van der Waals surface area contributed by atoms with Crippen LogP contribution < -0.4 is 15.4 Å². The average Bonchev–Trinajstić information content (AvgIpc) is 2.72. The van der Waals surface area contributed by atoms with Gasteiger partial charge in [-0.25, -0.2) is 9.97 Å². The molecule has 0 saturated carbocycles. The fourth-order valence-electron chi connectivity index (χ4n) is 3.35. The first-order chi connectivity index (χ1) is 14.0. The number of benzene rings is 1. The van der Waals surface area contributed by atoms with Gasteiger partial charge in [-0.1, -0.05) is 30.3 Å². The molecule has 1 amide bonds. The molecule has 0 radical (unpaired) electrons. The van der Waals surface area contributed by atoms with Gasteiger partial charge in [-0.2, -0.15) is 0 Å². The van der Waals surface area contributed by atoms with Crippen LogP contribution in [0.5, 0.6) is 5.75 Å². The zero-order chi connectivity index (χ0) is 20.6. The van der Waals surface area contributed by atoms with Crippen LogP contribution >= 0.6 is 0 Å². The van der Waals surface area contributed by atoms with Crippen molar-refractivity contribution in [1.29, 1.82) is 0 Å². The number of hydrogen-bond acceptors (Lipinski definition) is 6. The van der Waals surface area contributed by atoms with Crippen LogP contribution in [0.25, 0.3) is 0 Å². The summed E-state index contributed by atoms with van der Waals surface area (Å²) in [5.74, 6) is -0.368. The summed E-state index contributed by atoms with van der Waals surface area (Å²) < 4.78 is 5.88. The quantitative estimate of drug-likeness (QED) is 0.620. The van der Waals surface area contributed by atoms with Gasteiger partial charge in [0.05, 0.1) is 5.69 Å². The van der Waals surface area contributed by atoms with E-state index < -0.39 is 18.4 Å². The van der Waals surface area contributed by atoms with Gasteiger partial charge in [0, 0.05) is 6.42 Å². The third-order valence-corrected chi connectivity index (χ3v) is 4.85. The molecule has 1 saturated heterocycles. The number of carboxylic acids is 1. The summed E-state index contributed by atoms with van der Waals surface area (Å²) in [6.07, 6.45) is 2.76. The molecule has 0 atom stereocenters. The minimum Gasteiger partial charge on any atom is -0.485 e. The maximum absolute atomic E-state index is 12.6. The molecule has 8 heteroatoms. The molecule has 0 unspecified atom stereocenters. The molecule has 1 fully saturated rings. The van der Waals surface area contributed by atoms with E-state index in [-0.39, 0.29) is 18.1 Å². The molecule has 1 aliphatic heterocycles. The monoisotopic (exact) mass is 398 g/mol. The number of aryl methyl sites for hydroxylation is 1. The lowest BCUT2D eigenvalue weighted by Crippen LogP contribution is -2.31. The predicted octanol–water partition coefficient (Wildman–Crippen LogP) is 1.72. The predicted molar refractivity (Wildman–Crippen MR) is 107 cm³/mol. The Bertz CT molecular complexity index is 851. The summed E-state index contributed by atoms with van der Waals surface area (Å²) in [4.78, 5) is 32.5. The maximum atomic E-state index is 12.6. The molecule has 2 heterocycles. The summed E-state index contributed by atoms with van der Waals surface area (Å²) in [7, 11) is 0. The molecule has 3 N–H and O–H groups in total. The fourth-order valence-corrected chi connectivity index (χ4v) is 3.35. The molecule has 8 nitrogen and oxygen atoms in total. The van der Waals surface area contributed by atoms with E-state index in [4.69, 9.17) is 9.84 Å². The molecule has 2 aromatic rings. The number of aromatic nitrogens is 2. The Hall–Kier alpha value is -3.00. The molecule has 0 bridgehead atoms. The second kappa shape index (κ2) is 9.97. The Morgan fingerprint density at radius 3 is 2.62 bits per heavy atom. The minimum atomic E-state index is -1.12. The number of ether oxygens (including phenoxy) is 1. The summed E-state index contributed by atoms with van der Waals surface area (Å²) in [5, 5.41) is 14.6. The normalized spacial score (nSPS) is 14.4. The van der Waals surface area contributed by atoms with Crippen molar-refractivity contribution in [1.82, 2.24) is 20.6 Å². The number of nitrogens with one attached hydrogen (secondary N) is 2. The maximum Gasteiger partial charge on any atom is 0.322 e. The van der Waals surface area contributed by atoms with Crippen molar-refractivity contribution in [3.63, 3.8) is 0 Å². The molecular formula is C21H26N4O4. The number of carbonyl (C=O) groups is 2. The first-order valence-electron chi connectivity index (χ1n) is 9.78. The van der Waals surface area contributed by atoms with Crippen LogP contribution in [-0.4, -0.2) is 46.6 Å². The first kappa shape index (κ1) is 20.7. The number of carbonyl (C=O) groups excluding carboxylic acids is 1. The lowest BCUT2D eigenvalue weighted by atomic mass is 9.94. The SMILES string of the molecule is Cc1nc(CC2CCNCC2)nc(C(=O)NCC(=O)O)c1OCc1ccccc1. The number of nitrogens with zero attached hydrogens (tertiary/aromatic N) is 2. The van der Waals surface area contributed by atoms with Crippen molar-refractivity contribution in [3.8, 4) is 5.75 Å². The van der Waals surface area contributed by atoms with E-state index in [9.17, 15) is 9.59 Å². The molecule has 0 aliphatic carbocycles. The number of amides is 1. The molecule has 29 heavy (non-hydrogen) atoms. The van der Waals surface area contributed by atoms with Gasteiger partial charge in [-0.3, -0.25) is 9.59 Å². The Morgan fingerprint density at radius 1 is 1.21 bits per heavy atom. The van der Waals surface area contributed by atoms with E-state index in [2.05, 4.69) is 20.6 Å². The number of aliphatic carboxylic acids is 1. The standard InChI is InChI=1S/C21H26N4O4/c1-14-20(29-13-16-5-3-2-4-6-16)19(21(28)23-12-18(26)27)25-17(24-14)11-15-7-9-22-10-8-15/h2-6,15,22H,7-13H2,1H3,(H,23,28)(H,26,27). The largest absolute Gasteiger partial charge is 0.485 e. The van der Waals surface area contributed by atoms with Crippen LogP contribution in [0, 0.1) is 12.8 Å². The van der Waals surface area contributed by atoms with E-state index in [1.165, 1.54) is 0 Å². The van der Waals surface area contributed by atoms with Crippen molar-refractivity contribution in [2.45, 2.75) is 32.8 Å². The van der Waals surface area contributed by atoms with E-state index in [0.29, 0.717) is 23.9 Å². The lowest BCUT2D eigenvalue weighted by molar-refractivity contribution is -0.135. The number of rotatable bonds is 8. The van der Waals surface area contributed by atoms with Gasteiger partial charge in [-0.15, -0.1) is 0 Å². The molecule has 1 aliphatic rings. The molecule has 3 rings (SSSR count). The zero-order valence-electron chi connectivity index (χ0n) is 16.5. The van der Waals surface area contributed by atoms with Gasteiger partial charge < -0.3 is 20.5 Å². The third kappa shape index (κ3) is 5.99. The van der Waals surface area contributed by atoms with Crippen LogP contribution in [0.4, 0.5) is 0 Å². The Labute approximate surface area is 169 Å². The highest BCUT2D eigenvalue weighted by Crippen LogP contribution is 2.24. The summed E-state index contributed by atoms with van der Waals surface area (Å²) >= 11 is 0. The number of piperidine rings is 1. The molecule has 1 aromatic carbocycles. The molecule has 0 spiro atoms. The van der Waals surface area contributed by atoms with Gasteiger partial charge in [0.1, 0.15) is 19.0 Å². The Morgan fingerprint density at radius 2 is 1.93 bits per heavy atom. The highest BCUT2D eigenvalue weighted by Gasteiger charge is 2.22. The van der Waals surface area contributed by atoms with E-state index >= 15 is 0 Å². The van der Waals surface area contributed by atoms with Crippen molar-refractivity contribution < 1.29 is 19.4 Å². The van der Waals surface area contributed by atoms with Crippen LogP contribution in [-0.2, 0) is 17.8 Å². The Balaban J connectivity index is 1.83. The minimum absolute atomic E-state index is 0.0821. The smallest absolute Gasteiger partial charge is 0.322 e.